The smallest absolute Gasteiger partial charge is 0.194 e. The van der Waals surface area contributed by atoms with E-state index in [0.717, 1.165) is 12.8 Å². The van der Waals surface area contributed by atoms with Crippen LogP contribution < -0.4 is 9.47 Å². The summed E-state index contributed by atoms with van der Waals surface area (Å²) in [5.74, 6) is 1.24. The molecule has 0 radical (unpaired) electrons. The minimum atomic E-state index is -0.0629. The number of nitrogens with zero attached hydrogens (tertiary/aromatic N) is 1. The lowest BCUT2D eigenvalue weighted by molar-refractivity contribution is 0.103. The van der Waals surface area contributed by atoms with Crippen molar-refractivity contribution in [3.63, 3.8) is 0 Å². The van der Waals surface area contributed by atoms with Crippen LogP contribution in [0.5, 0.6) is 11.5 Å². The van der Waals surface area contributed by atoms with Gasteiger partial charge in [-0.3, -0.25) is 9.78 Å². The number of methoxy groups -OCH3 is 1. The standard InChI is InChI=1S/C18H19NO3/c1-21-16-9-8-13(18(20)14-5-4-10-19-12-14)11-17(16)22-15-6-2-3-7-15/h4-5,8-12,15H,2-3,6-7H2,1H3. The summed E-state index contributed by atoms with van der Waals surface area (Å²) in [5, 5.41) is 0. The fourth-order valence-corrected chi connectivity index (χ4v) is 2.76. The quantitative estimate of drug-likeness (QED) is 0.791. The molecule has 4 nitrogen and oxygen atoms in total. The SMILES string of the molecule is COc1ccc(C(=O)c2cccnc2)cc1OC1CCCC1. The Kier molecular flexibility index (Phi) is 4.37. The van der Waals surface area contributed by atoms with Gasteiger partial charge >= 0.3 is 0 Å². The number of benzene rings is 1. The number of pyridine rings is 1. The van der Waals surface area contributed by atoms with Gasteiger partial charge in [0.15, 0.2) is 17.3 Å². The van der Waals surface area contributed by atoms with Crippen molar-refractivity contribution in [3.05, 3.63) is 53.9 Å². The van der Waals surface area contributed by atoms with Crippen LogP contribution in [0.4, 0.5) is 0 Å². The number of hydrogen-bond donors (Lipinski definition) is 0. The molecular formula is C18H19NO3. The zero-order valence-electron chi connectivity index (χ0n) is 12.6. The molecule has 2 aromatic rings. The van der Waals surface area contributed by atoms with Gasteiger partial charge in [0.2, 0.25) is 0 Å². The van der Waals surface area contributed by atoms with Crippen LogP contribution in [0.25, 0.3) is 0 Å². The average molecular weight is 297 g/mol. The first kappa shape index (κ1) is 14.6. The van der Waals surface area contributed by atoms with Gasteiger partial charge in [0.05, 0.1) is 13.2 Å². The predicted molar refractivity (Wildman–Crippen MR) is 83.5 cm³/mol. The average Bonchev–Trinajstić information content (AvgIpc) is 3.08. The van der Waals surface area contributed by atoms with Crippen molar-refractivity contribution >= 4 is 5.78 Å². The molecule has 0 aliphatic heterocycles. The fourth-order valence-electron chi connectivity index (χ4n) is 2.76. The van der Waals surface area contributed by atoms with E-state index in [1.54, 1.807) is 49.8 Å². The van der Waals surface area contributed by atoms with Crippen molar-refractivity contribution in [1.29, 1.82) is 0 Å². The van der Waals surface area contributed by atoms with Crippen LogP contribution in [-0.4, -0.2) is 24.0 Å². The molecule has 0 amide bonds. The third kappa shape index (κ3) is 3.11. The molecule has 0 unspecified atom stereocenters. The molecule has 1 aliphatic rings. The third-order valence-corrected chi connectivity index (χ3v) is 3.95. The maximum absolute atomic E-state index is 12.5. The minimum Gasteiger partial charge on any atom is -0.493 e. The van der Waals surface area contributed by atoms with E-state index in [9.17, 15) is 4.79 Å². The second-order valence-electron chi connectivity index (χ2n) is 5.46. The topological polar surface area (TPSA) is 48.4 Å². The number of hydrogen-bond acceptors (Lipinski definition) is 4. The van der Waals surface area contributed by atoms with E-state index < -0.39 is 0 Å². The van der Waals surface area contributed by atoms with Gasteiger partial charge < -0.3 is 9.47 Å². The van der Waals surface area contributed by atoms with Gasteiger partial charge in [-0.1, -0.05) is 0 Å². The highest BCUT2D eigenvalue weighted by molar-refractivity contribution is 6.09. The van der Waals surface area contributed by atoms with E-state index >= 15 is 0 Å². The number of ketones is 1. The number of carbonyl (C=O) groups is 1. The monoisotopic (exact) mass is 297 g/mol. The molecule has 1 fully saturated rings. The van der Waals surface area contributed by atoms with Crippen LogP contribution in [-0.2, 0) is 0 Å². The minimum absolute atomic E-state index is 0.0629. The van der Waals surface area contributed by atoms with Crippen LogP contribution in [0.2, 0.25) is 0 Å². The molecule has 1 saturated carbocycles. The summed E-state index contributed by atoms with van der Waals surface area (Å²) in [6.45, 7) is 0. The Morgan fingerprint density at radius 2 is 1.95 bits per heavy atom. The maximum Gasteiger partial charge on any atom is 0.194 e. The zero-order chi connectivity index (χ0) is 15.4. The Morgan fingerprint density at radius 3 is 2.64 bits per heavy atom. The van der Waals surface area contributed by atoms with Gasteiger partial charge in [-0.2, -0.15) is 0 Å². The van der Waals surface area contributed by atoms with E-state index in [0.29, 0.717) is 22.6 Å². The van der Waals surface area contributed by atoms with E-state index in [1.165, 1.54) is 12.8 Å². The number of ether oxygens (including phenoxy) is 2. The highest BCUT2D eigenvalue weighted by atomic mass is 16.5. The summed E-state index contributed by atoms with van der Waals surface area (Å²) in [7, 11) is 1.61. The molecule has 1 aromatic heterocycles. The largest absolute Gasteiger partial charge is 0.493 e. The molecule has 4 heteroatoms. The summed E-state index contributed by atoms with van der Waals surface area (Å²) >= 11 is 0. The van der Waals surface area contributed by atoms with Crippen molar-refractivity contribution < 1.29 is 14.3 Å². The Hall–Kier alpha value is -2.36. The predicted octanol–water partition coefficient (Wildman–Crippen LogP) is 3.64. The molecule has 0 spiro atoms. The highest BCUT2D eigenvalue weighted by Crippen LogP contribution is 2.32. The van der Waals surface area contributed by atoms with E-state index in [4.69, 9.17) is 9.47 Å². The maximum atomic E-state index is 12.5. The first-order valence-corrected chi connectivity index (χ1v) is 7.57. The highest BCUT2D eigenvalue weighted by Gasteiger charge is 2.20. The lowest BCUT2D eigenvalue weighted by atomic mass is 10.0. The van der Waals surface area contributed by atoms with Gasteiger partial charge in [0, 0.05) is 23.5 Å². The van der Waals surface area contributed by atoms with Crippen molar-refractivity contribution in [2.45, 2.75) is 31.8 Å². The van der Waals surface area contributed by atoms with Crippen LogP contribution in [0.3, 0.4) is 0 Å². The molecule has 1 aliphatic carbocycles. The number of rotatable bonds is 5. The lowest BCUT2D eigenvalue weighted by Crippen LogP contribution is -2.12. The van der Waals surface area contributed by atoms with Crippen molar-refractivity contribution in [3.8, 4) is 11.5 Å². The van der Waals surface area contributed by atoms with E-state index in [-0.39, 0.29) is 11.9 Å². The van der Waals surface area contributed by atoms with Crippen LogP contribution in [0.15, 0.2) is 42.7 Å². The molecule has 0 saturated heterocycles. The molecular weight excluding hydrogens is 278 g/mol. The normalized spacial score (nSPS) is 14.8. The summed E-state index contributed by atoms with van der Waals surface area (Å²) in [6, 6.07) is 8.83. The van der Waals surface area contributed by atoms with Crippen LogP contribution in [0, 0.1) is 0 Å². The lowest BCUT2D eigenvalue weighted by Gasteiger charge is -2.16. The fraction of sp³-hybridized carbons (Fsp3) is 0.333. The molecule has 22 heavy (non-hydrogen) atoms. The van der Waals surface area contributed by atoms with Crippen molar-refractivity contribution in [2.75, 3.05) is 7.11 Å². The molecule has 0 atom stereocenters. The molecule has 0 N–H and O–H groups in total. The van der Waals surface area contributed by atoms with E-state index in [2.05, 4.69) is 4.98 Å². The zero-order valence-corrected chi connectivity index (χ0v) is 12.6. The Bertz CT molecular complexity index is 649. The van der Waals surface area contributed by atoms with Gasteiger partial charge in [-0.15, -0.1) is 0 Å². The summed E-state index contributed by atoms with van der Waals surface area (Å²) in [4.78, 5) is 16.5. The van der Waals surface area contributed by atoms with Crippen LogP contribution >= 0.6 is 0 Å². The van der Waals surface area contributed by atoms with Crippen LogP contribution in [0.1, 0.15) is 41.6 Å². The van der Waals surface area contributed by atoms with Crippen molar-refractivity contribution in [1.82, 2.24) is 4.98 Å². The molecule has 1 aromatic carbocycles. The second-order valence-corrected chi connectivity index (χ2v) is 5.46. The number of carbonyl (C=O) groups excluding carboxylic acids is 1. The van der Waals surface area contributed by atoms with Gasteiger partial charge in [-0.05, 0) is 56.0 Å². The Balaban J connectivity index is 1.87. The number of aromatic nitrogens is 1. The van der Waals surface area contributed by atoms with Gasteiger partial charge in [0.25, 0.3) is 0 Å². The third-order valence-electron chi connectivity index (χ3n) is 3.95. The molecule has 1 heterocycles. The summed E-state index contributed by atoms with van der Waals surface area (Å²) in [6.07, 6.45) is 7.96. The van der Waals surface area contributed by atoms with E-state index in [1.807, 2.05) is 0 Å². The van der Waals surface area contributed by atoms with Crippen molar-refractivity contribution in [2.24, 2.45) is 0 Å². The first-order valence-electron chi connectivity index (χ1n) is 7.57. The first-order chi connectivity index (χ1) is 10.8. The second kappa shape index (κ2) is 6.60. The Labute approximate surface area is 130 Å². The van der Waals surface area contributed by atoms with Gasteiger partial charge in [-0.25, -0.2) is 0 Å². The van der Waals surface area contributed by atoms with Gasteiger partial charge in [0.1, 0.15) is 0 Å². The molecule has 0 bridgehead atoms. The summed E-state index contributed by atoms with van der Waals surface area (Å²) < 4.78 is 11.4. The summed E-state index contributed by atoms with van der Waals surface area (Å²) in [5.41, 5.74) is 1.15. The molecule has 114 valence electrons. The molecule has 3 rings (SSSR count). The Morgan fingerprint density at radius 1 is 1.14 bits per heavy atom.